The summed E-state index contributed by atoms with van der Waals surface area (Å²) in [6.07, 6.45) is 1.79. The van der Waals surface area contributed by atoms with Gasteiger partial charge in [0.15, 0.2) is 0 Å². The predicted molar refractivity (Wildman–Crippen MR) is 71.7 cm³/mol. The molecular weight excluding hydrogens is 304 g/mol. The Morgan fingerprint density at radius 2 is 2.18 bits per heavy atom. The van der Waals surface area contributed by atoms with Crippen molar-refractivity contribution in [2.75, 3.05) is 23.9 Å². The summed E-state index contributed by atoms with van der Waals surface area (Å²) in [6, 6.07) is 7.27. The first-order chi connectivity index (χ1) is 7.92. The van der Waals surface area contributed by atoms with Gasteiger partial charge in [0.05, 0.1) is 17.4 Å². The van der Waals surface area contributed by atoms with Gasteiger partial charge in [0.1, 0.15) is 9.84 Å². The fourth-order valence-corrected chi connectivity index (χ4v) is 2.47. The number of anilines is 1. The Morgan fingerprint density at radius 1 is 1.47 bits per heavy atom. The van der Waals surface area contributed by atoms with Gasteiger partial charge in [0.2, 0.25) is 0 Å². The van der Waals surface area contributed by atoms with Gasteiger partial charge in [-0.05, 0) is 40.5 Å². The van der Waals surface area contributed by atoms with Crippen LogP contribution in [0, 0.1) is 11.3 Å². The number of benzene rings is 1. The Labute approximate surface area is 110 Å². The second-order valence-electron chi connectivity index (χ2n) is 3.72. The van der Waals surface area contributed by atoms with Crippen LogP contribution in [-0.2, 0) is 9.84 Å². The van der Waals surface area contributed by atoms with Gasteiger partial charge in [-0.3, -0.25) is 0 Å². The van der Waals surface area contributed by atoms with Gasteiger partial charge < -0.3 is 5.32 Å². The molecular formula is C11H13BrN2O2S. The highest BCUT2D eigenvalue weighted by Crippen LogP contribution is 2.23. The lowest BCUT2D eigenvalue weighted by atomic mass is 10.2. The third-order valence-electron chi connectivity index (χ3n) is 2.11. The van der Waals surface area contributed by atoms with E-state index in [-0.39, 0.29) is 5.75 Å². The molecule has 4 nitrogen and oxygen atoms in total. The lowest BCUT2D eigenvalue weighted by Crippen LogP contribution is -2.09. The van der Waals surface area contributed by atoms with Crippen LogP contribution in [0.15, 0.2) is 22.7 Å². The Bertz CT molecular complexity index is 535. The second-order valence-corrected chi connectivity index (χ2v) is 6.83. The van der Waals surface area contributed by atoms with E-state index >= 15 is 0 Å². The average molecular weight is 317 g/mol. The Morgan fingerprint density at radius 3 is 2.71 bits per heavy atom. The molecule has 0 bridgehead atoms. The van der Waals surface area contributed by atoms with Crippen LogP contribution in [0.2, 0.25) is 0 Å². The number of nitrogens with zero attached hydrogens (tertiary/aromatic N) is 1. The first kappa shape index (κ1) is 14.0. The number of hydrogen-bond donors (Lipinski definition) is 1. The summed E-state index contributed by atoms with van der Waals surface area (Å²) in [6.45, 7) is 0.581. The topological polar surface area (TPSA) is 70.0 Å². The van der Waals surface area contributed by atoms with E-state index in [2.05, 4.69) is 21.2 Å². The summed E-state index contributed by atoms with van der Waals surface area (Å²) in [5, 5.41) is 11.8. The fourth-order valence-electron chi connectivity index (χ4n) is 1.29. The van der Waals surface area contributed by atoms with Crippen LogP contribution in [0.3, 0.4) is 0 Å². The molecule has 1 rings (SSSR count). The van der Waals surface area contributed by atoms with Crippen molar-refractivity contribution in [2.24, 2.45) is 0 Å². The molecule has 0 aliphatic carbocycles. The molecule has 0 aliphatic heterocycles. The molecule has 0 saturated carbocycles. The molecule has 0 atom stereocenters. The van der Waals surface area contributed by atoms with Crippen LogP contribution in [0.1, 0.15) is 12.0 Å². The minimum absolute atomic E-state index is 0.175. The summed E-state index contributed by atoms with van der Waals surface area (Å²) in [7, 11) is -2.89. The standard InChI is InChI=1S/C11H13BrN2O2S/c1-17(15,16)6-2-5-14-11-4-3-9(8-13)7-10(11)12/h3-4,7,14H,2,5-6H2,1H3. The highest BCUT2D eigenvalue weighted by molar-refractivity contribution is 9.10. The SMILES string of the molecule is CS(=O)(=O)CCCNc1ccc(C#N)cc1Br. The van der Waals surface area contributed by atoms with Crippen LogP contribution in [-0.4, -0.2) is 27.0 Å². The molecule has 0 heterocycles. The van der Waals surface area contributed by atoms with Crippen LogP contribution < -0.4 is 5.32 Å². The minimum Gasteiger partial charge on any atom is -0.384 e. The molecule has 0 unspecified atom stereocenters. The van der Waals surface area contributed by atoms with Crippen molar-refractivity contribution in [3.63, 3.8) is 0 Å². The minimum atomic E-state index is -2.89. The van der Waals surface area contributed by atoms with E-state index in [9.17, 15) is 8.42 Å². The van der Waals surface area contributed by atoms with Crippen LogP contribution in [0.25, 0.3) is 0 Å². The Kier molecular flexibility index (Phi) is 4.97. The lowest BCUT2D eigenvalue weighted by Gasteiger charge is -2.08. The smallest absolute Gasteiger partial charge is 0.147 e. The molecule has 1 N–H and O–H groups in total. The van der Waals surface area contributed by atoms with Gasteiger partial charge in [-0.1, -0.05) is 0 Å². The zero-order chi connectivity index (χ0) is 12.9. The fraction of sp³-hybridized carbons (Fsp3) is 0.364. The van der Waals surface area contributed by atoms with E-state index in [0.717, 1.165) is 10.2 Å². The van der Waals surface area contributed by atoms with Crippen LogP contribution >= 0.6 is 15.9 Å². The second kappa shape index (κ2) is 6.03. The maximum absolute atomic E-state index is 10.9. The van der Waals surface area contributed by atoms with Gasteiger partial charge in [-0.25, -0.2) is 8.42 Å². The first-order valence-electron chi connectivity index (χ1n) is 5.03. The van der Waals surface area contributed by atoms with Crippen molar-refractivity contribution >= 4 is 31.5 Å². The average Bonchev–Trinajstić information content (AvgIpc) is 2.24. The number of hydrogen-bond acceptors (Lipinski definition) is 4. The van der Waals surface area contributed by atoms with Crippen molar-refractivity contribution in [3.05, 3.63) is 28.2 Å². The zero-order valence-corrected chi connectivity index (χ0v) is 11.8. The number of halogens is 1. The Hall–Kier alpha value is -1.06. The third-order valence-corrected chi connectivity index (χ3v) is 3.79. The number of sulfone groups is 1. The highest BCUT2D eigenvalue weighted by atomic mass is 79.9. The molecule has 92 valence electrons. The molecule has 0 fully saturated rings. The normalized spacial score (nSPS) is 10.9. The molecule has 0 saturated heterocycles. The largest absolute Gasteiger partial charge is 0.384 e. The van der Waals surface area contributed by atoms with Gasteiger partial charge in [-0.15, -0.1) is 0 Å². The van der Waals surface area contributed by atoms with E-state index in [0.29, 0.717) is 18.5 Å². The lowest BCUT2D eigenvalue weighted by molar-refractivity contribution is 0.600. The maximum atomic E-state index is 10.9. The number of rotatable bonds is 5. The van der Waals surface area contributed by atoms with Crippen LogP contribution in [0.4, 0.5) is 5.69 Å². The first-order valence-corrected chi connectivity index (χ1v) is 7.89. The van der Waals surface area contributed by atoms with Crippen molar-refractivity contribution in [1.29, 1.82) is 5.26 Å². The summed E-state index contributed by atoms with van der Waals surface area (Å²) >= 11 is 3.35. The van der Waals surface area contributed by atoms with E-state index < -0.39 is 9.84 Å². The van der Waals surface area contributed by atoms with E-state index in [1.165, 1.54) is 6.26 Å². The van der Waals surface area contributed by atoms with Crippen molar-refractivity contribution in [2.45, 2.75) is 6.42 Å². The van der Waals surface area contributed by atoms with Gasteiger partial charge in [-0.2, -0.15) is 5.26 Å². The molecule has 1 aromatic rings. The van der Waals surface area contributed by atoms with Crippen LogP contribution in [0.5, 0.6) is 0 Å². The van der Waals surface area contributed by atoms with Crippen molar-refractivity contribution in [3.8, 4) is 6.07 Å². The maximum Gasteiger partial charge on any atom is 0.147 e. The highest BCUT2D eigenvalue weighted by Gasteiger charge is 2.03. The number of nitriles is 1. The van der Waals surface area contributed by atoms with Gasteiger partial charge in [0.25, 0.3) is 0 Å². The molecule has 17 heavy (non-hydrogen) atoms. The summed E-state index contributed by atoms with van der Waals surface area (Å²) in [4.78, 5) is 0. The third kappa shape index (κ3) is 5.20. The molecule has 0 amide bonds. The molecule has 0 aliphatic rings. The molecule has 1 aromatic carbocycles. The monoisotopic (exact) mass is 316 g/mol. The number of nitrogens with one attached hydrogen (secondary N) is 1. The predicted octanol–water partition coefficient (Wildman–Crippen LogP) is 2.17. The molecule has 0 aromatic heterocycles. The quantitative estimate of drug-likeness (QED) is 0.845. The summed E-state index contributed by atoms with van der Waals surface area (Å²) < 4.78 is 22.6. The van der Waals surface area contributed by atoms with Gasteiger partial charge >= 0.3 is 0 Å². The summed E-state index contributed by atoms with van der Waals surface area (Å²) in [5.41, 5.74) is 1.44. The van der Waals surface area contributed by atoms with E-state index in [1.807, 2.05) is 6.07 Å². The van der Waals surface area contributed by atoms with E-state index in [4.69, 9.17) is 5.26 Å². The Balaban J connectivity index is 2.51. The van der Waals surface area contributed by atoms with E-state index in [1.54, 1.807) is 18.2 Å². The molecule has 0 radical (unpaired) electrons. The molecule has 6 heteroatoms. The van der Waals surface area contributed by atoms with Crippen molar-refractivity contribution < 1.29 is 8.42 Å². The summed E-state index contributed by atoms with van der Waals surface area (Å²) in [5.74, 6) is 0.175. The van der Waals surface area contributed by atoms with Crippen molar-refractivity contribution in [1.82, 2.24) is 0 Å². The molecule has 0 spiro atoms. The zero-order valence-electron chi connectivity index (χ0n) is 9.40. The van der Waals surface area contributed by atoms with Gasteiger partial charge in [0, 0.05) is 23.0 Å².